The Morgan fingerprint density at radius 3 is 2.85 bits per heavy atom. The molecular weight excluding hydrogens is 326 g/mol. The van der Waals surface area contributed by atoms with E-state index in [4.69, 9.17) is 0 Å². The molecule has 6 heteroatoms. The predicted molar refractivity (Wildman–Crippen MR) is 103 cm³/mol. The average Bonchev–Trinajstić information content (AvgIpc) is 3.31. The van der Waals surface area contributed by atoms with Gasteiger partial charge in [0.15, 0.2) is 0 Å². The van der Waals surface area contributed by atoms with Crippen LogP contribution in [0.2, 0.25) is 0 Å². The first-order valence-electron chi connectivity index (χ1n) is 9.24. The molecule has 1 amide bonds. The van der Waals surface area contributed by atoms with Gasteiger partial charge in [0.1, 0.15) is 0 Å². The second-order valence-electron chi connectivity index (χ2n) is 7.31. The van der Waals surface area contributed by atoms with E-state index in [0.29, 0.717) is 19.0 Å². The number of carbonyl (C=O) groups is 1. The number of amides is 1. The summed E-state index contributed by atoms with van der Waals surface area (Å²) in [5.74, 6) is 0.188. The van der Waals surface area contributed by atoms with Gasteiger partial charge in [-0.05, 0) is 50.8 Å². The first kappa shape index (κ1) is 18.6. The lowest BCUT2D eigenvalue weighted by molar-refractivity contribution is -0.130. The van der Waals surface area contributed by atoms with Crippen molar-refractivity contribution in [2.24, 2.45) is 0 Å². The van der Waals surface area contributed by atoms with Crippen LogP contribution >= 0.6 is 0 Å². The zero-order chi connectivity index (χ0) is 18.5. The van der Waals surface area contributed by atoms with Crippen molar-refractivity contribution in [3.05, 3.63) is 48.3 Å². The normalized spacial score (nSPS) is 17.8. The zero-order valence-electron chi connectivity index (χ0n) is 16.0. The van der Waals surface area contributed by atoms with E-state index in [1.54, 1.807) is 6.20 Å². The second kappa shape index (κ2) is 8.47. The number of rotatable bonds is 7. The minimum absolute atomic E-state index is 0.188. The molecule has 1 aliphatic heterocycles. The highest BCUT2D eigenvalue weighted by Gasteiger charge is 2.23. The number of likely N-dealkylation sites (N-methyl/N-ethyl adjacent to an activating group) is 2. The quantitative estimate of drug-likeness (QED) is 0.760. The highest BCUT2D eigenvalue weighted by atomic mass is 16.2. The van der Waals surface area contributed by atoms with E-state index in [0.717, 1.165) is 30.9 Å². The molecule has 0 spiro atoms. The molecule has 1 aromatic heterocycles. The highest BCUT2D eigenvalue weighted by Crippen LogP contribution is 2.14. The summed E-state index contributed by atoms with van der Waals surface area (Å²) >= 11 is 0. The maximum absolute atomic E-state index is 12.5. The molecule has 26 heavy (non-hydrogen) atoms. The molecule has 1 saturated heterocycles. The Morgan fingerprint density at radius 1 is 1.31 bits per heavy atom. The number of nitrogens with zero attached hydrogens (tertiary/aromatic N) is 5. The van der Waals surface area contributed by atoms with Gasteiger partial charge in [0.2, 0.25) is 5.91 Å². The molecule has 2 heterocycles. The van der Waals surface area contributed by atoms with Crippen molar-refractivity contribution in [1.82, 2.24) is 24.5 Å². The van der Waals surface area contributed by atoms with Gasteiger partial charge >= 0.3 is 0 Å². The Kier molecular flexibility index (Phi) is 6.06. The molecule has 0 saturated carbocycles. The van der Waals surface area contributed by atoms with E-state index in [9.17, 15) is 4.79 Å². The minimum Gasteiger partial charge on any atom is -0.341 e. The van der Waals surface area contributed by atoms with Crippen LogP contribution in [0.4, 0.5) is 0 Å². The molecule has 0 bridgehead atoms. The lowest BCUT2D eigenvalue weighted by atomic mass is 10.2. The van der Waals surface area contributed by atoms with Gasteiger partial charge in [-0.1, -0.05) is 12.1 Å². The SMILES string of the molecule is CN1CC[C@@H](N(C)CCC(=O)N(C)Cc2cccc(-n3cccn3)c2)C1. The topological polar surface area (TPSA) is 44.6 Å². The van der Waals surface area contributed by atoms with Gasteiger partial charge in [0.25, 0.3) is 0 Å². The number of carbonyl (C=O) groups excluding carboxylic acids is 1. The Hall–Kier alpha value is -2.18. The number of hydrogen-bond donors (Lipinski definition) is 0. The van der Waals surface area contributed by atoms with Crippen molar-refractivity contribution >= 4 is 5.91 Å². The van der Waals surface area contributed by atoms with E-state index < -0.39 is 0 Å². The number of benzene rings is 1. The Bertz CT molecular complexity index is 715. The molecular formula is C20H29N5O. The summed E-state index contributed by atoms with van der Waals surface area (Å²) in [4.78, 5) is 19.0. The highest BCUT2D eigenvalue weighted by molar-refractivity contribution is 5.76. The average molecular weight is 355 g/mol. The van der Waals surface area contributed by atoms with Gasteiger partial charge in [-0.2, -0.15) is 5.10 Å². The van der Waals surface area contributed by atoms with E-state index in [1.807, 2.05) is 41.0 Å². The van der Waals surface area contributed by atoms with E-state index in [-0.39, 0.29) is 5.91 Å². The molecule has 1 fully saturated rings. The van der Waals surface area contributed by atoms with Crippen LogP contribution in [0.15, 0.2) is 42.7 Å². The van der Waals surface area contributed by atoms with Gasteiger partial charge in [-0.25, -0.2) is 4.68 Å². The fourth-order valence-corrected chi connectivity index (χ4v) is 3.50. The molecule has 1 aromatic carbocycles. The fourth-order valence-electron chi connectivity index (χ4n) is 3.50. The molecule has 0 N–H and O–H groups in total. The molecule has 1 aliphatic rings. The van der Waals surface area contributed by atoms with Crippen molar-refractivity contribution in [2.45, 2.75) is 25.4 Å². The fraction of sp³-hybridized carbons (Fsp3) is 0.500. The third kappa shape index (κ3) is 4.71. The van der Waals surface area contributed by atoms with Crippen molar-refractivity contribution < 1.29 is 4.79 Å². The maximum atomic E-state index is 12.5. The van der Waals surface area contributed by atoms with Crippen LogP contribution in [0, 0.1) is 0 Å². The van der Waals surface area contributed by atoms with Crippen molar-refractivity contribution in [3.63, 3.8) is 0 Å². The van der Waals surface area contributed by atoms with Crippen LogP contribution in [-0.4, -0.2) is 77.2 Å². The third-order valence-electron chi connectivity index (χ3n) is 5.19. The summed E-state index contributed by atoms with van der Waals surface area (Å²) in [7, 11) is 6.17. The molecule has 0 unspecified atom stereocenters. The largest absolute Gasteiger partial charge is 0.341 e. The Balaban J connectivity index is 1.50. The van der Waals surface area contributed by atoms with Gasteiger partial charge in [0.05, 0.1) is 5.69 Å². The van der Waals surface area contributed by atoms with E-state index in [2.05, 4.69) is 41.1 Å². The molecule has 140 valence electrons. The van der Waals surface area contributed by atoms with Gasteiger partial charge in [-0.15, -0.1) is 0 Å². The lowest BCUT2D eigenvalue weighted by Gasteiger charge is -2.25. The van der Waals surface area contributed by atoms with Crippen LogP contribution in [0.25, 0.3) is 5.69 Å². The summed E-state index contributed by atoms with van der Waals surface area (Å²) in [5.41, 5.74) is 2.12. The van der Waals surface area contributed by atoms with Crippen LogP contribution in [-0.2, 0) is 11.3 Å². The molecule has 1 atom stereocenters. The monoisotopic (exact) mass is 355 g/mol. The standard InChI is InChI=1S/C20H29N5O/c1-22-12-8-19(16-22)23(2)13-9-20(26)24(3)15-17-6-4-7-18(14-17)25-11-5-10-21-25/h4-7,10-11,14,19H,8-9,12-13,15-16H2,1-3H3/t19-/m1/s1. The van der Waals surface area contributed by atoms with Crippen molar-refractivity contribution in [2.75, 3.05) is 40.8 Å². The number of aromatic nitrogens is 2. The Morgan fingerprint density at radius 2 is 2.15 bits per heavy atom. The van der Waals surface area contributed by atoms with Crippen LogP contribution in [0.3, 0.4) is 0 Å². The molecule has 2 aromatic rings. The first-order valence-corrected chi connectivity index (χ1v) is 9.24. The van der Waals surface area contributed by atoms with Gasteiger partial charge < -0.3 is 14.7 Å². The van der Waals surface area contributed by atoms with Crippen molar-refractivity contribution in [3.8, 4) is 5.69 Å². The van der Waals surface area contributed by atoms with Crippen LogP contribution in [0.1, 0.15) is 18.4 Å². The third-order valence-corrected chi connectivity index (χ3v) is 5.19. The van der Waals surface area contributed by atoms with Gasteiger partial charge in [-0.3, -0.25) is 4.79 Å². The maximum Gasteiger partial charge on any atom is 0.223 e. The predicted octanol–water partition coefficient (Wildman–Crippen LogP) is 1.86. The second-order valence-corrected chi connectivity index (χ2v) is 7.31. The smallest absolute Gasteiger partial charge is 0.223 e. The number of likely N-dealkylation sites (tertiary alicyclic amines) is 1. The van der Waals surface area contributed by atoms with E-state index in [1.165, 1.54) is 6.42 Å². The Labute approximate surface area is 156 Å². The number of hydrogen-bond acceptors (Lipinski definition) is 4. The summed E-state index contributed by atoms with van der Waals surface area (Å²) < 4.78 is 1.83. The molecule has 0 aliphatic carbocycles. The summed E-state index contributed by atoms with van der Waals surface area (Å²) in [6.45, 7) is 3.68. The first-order chi connectivity index (χ1) is 12.5. The zero-order valence-corrected chi connectivity index (χ0v) is 16.0. The van der Waals surface area contributed by atoms with Gasteiger partial charge in [0, 0.05) is 51.5 Å². The summed E-state index contributed by atoms with van der Waals surface area (Å²) in [5, 5.41) is 4.26. The summed E-state index contributed by atoms with van der Waals surface area (Å²) in [6.07, 6.45) is 5.44. The van der Waals surface area contributed by atoms with E-state index >= 15 is 0 Å². The lowest BCUT2D eigenvalue weighted by Crippen LogP contribution is -2.37. The summed E-state index contributed by atoms with van der Waals surface area (Å²) in [6, 6.07) is 10.6. The molecule has 6 nitrogen and oxygen atoms in total. The van der Waals surface area contributed by atoms with Crippen LogP contribution in [0.5, 0.6) is 0 Å². The molecule has 0 radical (unpaired) electrons. The minimum atomic E-state index is 0.188. The molecule has 3 rings (SSSR count). The van der Waals surface area contributed by atoms with Crippen molar-refractivity contribution in [1.29, 1.82) is 0 Å². The van der Waals surface area contributed by atoms with Crippen LogP contribution < -0.4 is 0 Å².